The fourth-order valence-electron chi connectivity index (χ4n) is 3.00. The zero-order chi connectivity index (χ0) is 22.1. The van der Waals surface area contributed by atoms with Gasteiger partial charge in [-0.3, -0.25) is 14.3 Å². The van der Waals surface area contributed by atoms with E-state index in [0.717, 1.165) is 6.07 Å². The lowest BCUT2D eigenvalue weighted by Gasteiger charge is -2.24. The van der Waals surface area contributed by atoms with Gasteiger partial charge in [0.1, 0.15) is 22.8 Å². The molecule has 158 valence electrons. The van der Waals surface area contributed by atoms with Crippen LogP contribution in [-0.4, -0.2) is 26.2 Å². The Labute approximate surface area is 177 Å². The van der Waals surface area contributed by atoms with E-state index in [0.29, 0.717) is 12.1 Å². The maximum Gasteiger partial charge on any atom is 0.408 e. The number of rotatable bonds is 4. The van der Waals surface area contributed by atoms with Gasteiger partial charge >= 0.3 is 6.09 Å². The summed E-state index contributed by atoms with van der Waals surface area (Å²) in [7, 11) is 0. The van der Waals surface area contributed by atoms with Crippen molar-refractivity contribution in [2.75, 3.05) is 0 Å². The number of halogens is 2. The van der Waals surface area contributed by atoms with Crippen molar-refractivity contribution in [3.63, 3.8) is 0 Å². The first-order valence-electron chi connectivity index (χ1n) is 9.43. The minimum Gasteiger partial charge on any atom is -0.444 e. The molecule has 0 aliphatic heterocycles. The molecule has 0 saturated carbocycles. The third-order valence-electron chi connectivity index (χ3n) is 4.27. The number of aromatic nitrogens is 3. The number of hydrogen-bond donors (Lipinski definition) is 1. The number of pyridine rings is 1. The molecule has 0 bridgehead atoms. The van der Waals surface area contributed by atoms with Crippen LogP contribution < -0.4 is 10.9 Å². The third kappa shape index (κ3) is 4.43. The molecule has 1 N–H and O–H groups in total. The molecule has 30 heavy (non-hydrogen) atoms. The molecule has 0 aliphatic carbocycles. The van der Waals surface area contributed by atoms with Crippen molar-refractivity contribution in [1.29, 1.82) is 0 Å². The Morgan fingerprint density at radius 1 is 1.33 bits per heavy atom. The lowest BCUT2D eigenvalue weighted by Crippen LogP contribution is -2.37. The summed E-state index contributed by atoms with van der Waals surface area (Å²) < 4.78 is 21.1. The SMILES string of the molecule is CC[C@@H](NC(=O)OC(C)(C)C)c1nc2c(F)ccc(Cl)c2c(=O)n1-c1cccnc1. The number of fused-ring (bicyclic) bond motifs is 1. The van der Waals surface area contributed by atoms with Gasteiger partial charge in [-0.1, -0.05) is 18.5 Å². The Balaban J connectivity index is 2.25. The smallest absolute Gasteiger partial charge is 0.408 e. The molecule has 0 aliphatic rings. The van der Waals surface area contributed by atoms with E-state index in [-0.39, 0.29) is 21.7 Å². The van der Waals surface area contributed by atoms with Gasteiger partial charge in [0, 0.05) is 6.20 Å². The number of benzene rings is 1. The second-order valence-electron chi connectivity index (χ2n) is 7.68. The molecule has 1 atom stereocenters. The van der Waals surface area contributed by atoms with Crippen LogP contribution in [0, 0.1) is 5.82 Å². The summed E-state index contributed by atoms with van der Waals surface area (Å²) in [5.74, 6) is -0.534. The fourth-order valence-corrected chi connectivity index (χ4v) is 3.24. The average molecular weight is 433 g/mol. The van der Waals surface area contributed by atoms with E-state index in [1.807, 2.05) is 0 Å². The van der Waals surface area contributed by atoms with Crippen LogP contribution in [0.25, 0.3) is 16.6 Å². The average Bonchev–Trinajstić information content (AvgIpc) is 2.68. The molecule has 3 rings (SSSR count). The topological polar surface area (TPSA) is 86.1 Å². The number of hydrogen-bond acceptors (Lipinski definition) is 5. The fraction of sp³-hybridized carbons (Fsp3) is 0.333. The van der Waals surface area contributed by atoms with Crippen molar-refractivity contribution >= 4 is 28.6 Å². The van der Waals surface area contributed by atoms with Crippen LogP contribution in [0.4, 0.5) is 9.18 Å². The monoisotopic (exact) mass is 432 g/mol. The highest BCUT2D eigenvalue weighted by Gasteiger charge is 2.26. The zero-order valence-corrected chi connectivity index (χ0v) is 17.8. The van der Waals surface area contributed by atoms with Crippen LogP contribution in [0.1, 0.15) is 46.0 Å². The molecule has 0 unspecified atom stereocenters. The van der Waals surface area contributed by atoms with E-state index in [2.05, 4.69) is 15.3 Å². The minimum absolute atomic E-state index is 0.0450. The van der Waals surface area contributed by atoms with Gasteiger partial charge in [0.25, 0.3) is 5.56 Å². The molecule has 0 fully saturated rings. The van der Waals surface area contributed by atoms with Crippen LogP contribution >= 0.6 is 11.6 Å². The molecule has 3 aromatic rings. The number of nitrogens with zero attached hydrogens (tertiary/aromatic N) is 3. The van der Waals surface area contributed by atoms with Crippen LogP contribution in [0.5, 0.6) is 0 Å². The number of carbonyl (C=O) groups is 1. The molecule has 0 spiro atoms. The molecule has 0 saturated heterocycles. The van der Waals surface area contributed by atoms with Crippen molar-refractivity contribution in [3.8, 4) is 5.69 Å². The lowest BCUT2D eigenvalue weighted by molar-refractivity contribution is 0.0499. The summed E-state index contributed by atoms with van der Waals surface area (Å²) in [5, 5.41) is 2.76. The Morgan fingerprint density at radius 2 is 2.07 bits per heavy atom. The van der Waals surface area contributed by atoms with Gasteiger partial charge in [0.15, 0.2) is 0 Å². The van der Waals surface area contributed by atoms with Gasteiger partial charge in [-0.25, -0.2) is 14.2 Å². The number of nitrogens with one attached hydrogen (secondary N) is 1. The van der Waals surface area contributed by atoms with E-state index in [1.54, 1.807) is 46.0 Å². The maximum absolute atomic E-state index is 14.5. The Morgan fingerprint density at radius 3 is 2.67 bits per heavy atom. The summed E-state index contributed by atoms with van der Waals surface area (Å²) in [6.45, 7) is 7.03. The van der Waals surface area contributed by atoms with Gasteiger partial charge in [0.2, 0.25) is 0 Å². The number of carbonyl (C=O) groups excluding carboxylic acids is 1. The number of alkyl carbamates (subject to hydrolysis) is 1. The van der Waals surface area contributed by atoms with Gasteiger partial charge in [-0.2, -0.15) is 0 Å². The van der Waals surface area contributed by atoms with E-state index in [1.165, 1.54) is 16.8 Å². The molecule has 0 radical (unpaired) electrons. The van der Waals surface area contributed by atoms with Crippen molar-refractivity contribution in [2.45, 2.75) is 45.8 Å². The maximum atomic E-state index is 14.5. The van der Waals surface area contributed by atoms with Crippen molar-refractivity contribution < 1.29 is 13.9 Å². The molecular weight excluding hydrogens is 411 g/mol. The Hall–Kier alpha value is -3.00. The summed E-state index contributed by atoms with van der Waals surface area (Å²) in [5.41, 5.74) is -1.01. The quantitative estimate of drug-likeness (QED) is 0.653. The van der Waals surface area contributed by atoms with Crippen molar-refractivity contribution in [2.24, 2.45) is 0 Å². The molecule has 2 aromatic heterocycles. The first-order chi connectivity index (χ1) is 14.1. The van der Waals surface area contributed by atoms with Crippen LogP contribution in [0.3, 0.4) is 0 Å². The van der Waals surface area contributed by atoms with Crippen molar-refractivity contribution in [1.82, 2.24) is 19.9 Å². The number of ether oxygens (including phenoxy) is 1. The summed E-state index contributed by atoms with van der Waals surface area (Å²) >= 11 is 6.19. The lowest BCUT2D eigenvalue weighted by atomic mass is 10.1. The van der Waals surface area contributed by atoms with Gasteiger partial charge in [-0.15, -0.1) is 0 Å². The first kappa shape index (κ1) is 21.7. The Kier molecular flexibility index (Phi) is 6.07. The molecule has 1 aromatic carbocycles. The van der Waals surface area contributed by atoms with Crippen LogP contribution in [0.2, 0.25) is 5.02 Å². The first-order valence-corrected chi connectivity index (χ1v) is 9.80. The van der Waals surface area contributed by atoms with Crippen LogP contribution in [0.15, 0.2) is 41.5 Å². The van der Waals surface area contributed by atoms with E-state index in [4.69, 9.17) is 16.3 Å². The predicted octanol–water partition coefficient (Wildman–Crippen LogP) is 4.55. The molecule has 2 heterocycles. The highest BCUT2D eigenvalue weighted by Crippen LogP contribution is 2.26. The largest absolute Gasteiger partial charge is 0.444 e. The molecule has 7 nitrogen and oxygen atoms in total. The van der Waals surface area contributed by atoms with E-state index in [9.17, 15) is 14.0 Å². The molecule has 9 heteroatoms. The minimum atomic E-state index is -0.726. The Bertz CT molecular complexity index is 1140. The standard InChI is InChI=1S/C21H22ClFN4O3/c1-5-15(25-20(29)30-21(2,3)4)18-26-17-14(23)9-8-13(22)16(17)19(28)27(18)12-7-6-10-24-11-12/h6-11,15H,5H2,1-4H3,(H,25,29)/t15-/m1/s1. The second-order valence-corrected chi connectivity index (χ2v) is 8.09. The predicted molar refractivity (Wildman–Crippen MR) is 113 cm³/mol. The van der Waals surface area contributed by atoms with Gasteiger partial charge < -0.3 is 10.1 Å². The second kappa shape index (κ2) is 8.39. The molecule has 1 amide bonds. The molecular formula is C21H22ClFN4O3. The normalized spacial score (nSPS) is 12.6. The van der Waals surface area contributed by atoms with E-state index >= 15 is 0 Å². The van der Waals surface area contributed by atoms with Gasteiger partial charge in [-0.05, 0) is 51.5 Å². The van der Waals surface area contributed by atoms with Gasteiger partial charge in [0.05, 0.1) is 28.3 Å². The van der Waals surface area contributed by atoms with Crippen molar-refractivity contribution in [3.05, 3.63) is 63.7 Å². The number of amides is 1. The summed E-state index contributed by atoms with van der Waals surface area (Å²) in [6.07, 6.45) is 2.74. The third-order valence-corrected chi connectivity index (χ3v) is 4.58. The highest BCUT2D eigenvalue weighted by molar-refractivity contribution is 6.35. The van der Waals surface area contributed by atoms with Crippen LogP contribution in [-0.2, 0) is 4.74 Å². The highest BCUT2D eigenvalue weighted by atomic mass is 35.5. The zero-order valence-electron chi connectivity index (χ0n) is 17.1. The van der Waals surface area contributed by atoms with E-state index < -0.39 is 29.1 Å². The summed E-state index contributed by atoms with van der Waals surface area (Å²) in [4.78, 5) is 34.2. The summed E-state index contributed by atoms with van der Waals surface area (Å²) in [6, 6.07) is 5.06.